The fourth-order valence-electron chi connectivity index (χ4n) is 0.737. The summed E-state index contributed by atoms with van der Waals surface area (Å²) in [5, 5.41) is 12.6. The fraction of sp³-hybridized carbons (Fsp3) is 0.250. The number of thiophene rings is 1. The molecule has 0 unspecified atom stereocenters. The Morgan fingerprint density at radius 1 is 1.62 bits per heavy atom. The molecule has 1 aromatic rings. The molecule has 0 bridgehead atoms. The standard InChI is InChI=1S/C8H9NO3S/c1-5(8(11)12)9-7(10)6-3-2-4-13-6/h2-5H,1H3,(H,9,10)(H,11,12)/t5-/m1/s1. The number of carbonyl (C=O) groups is 2. The molecule has 0 saturated heterocycles. The van der Waals surface area contributed by atoms with Crippen LogP contribution in [-0.2, 0) is 4.79 Å². The Kier molecular flexibility index (Phi) is 3.02. The smallest absolute Gasteiger partial charge is 0.325 e. The summed E-state index contributed by atoms with van der Waals surface area (Å²) in [6, 6.07) is 2.54. The molecule has 0 radical (unpaired) electrons. The Morgan fingerprint density at radius 3 is 2.77 bits per heavy atom. The van der Waals surface area contributed by atoms with E-state index in [2.05, 4.69) is 5.32 Å². The highest BCUT2D eigenvalue weighted by atomic mass is 32.1. The molecule has 4 nitrogen and oxygen atoms in total. The summed E-state index contributed by atoms with van der Waals surface area (Å²) in [6.45, 7) is 1.42. The molecule has 0 spiro atoms. The van der Waals surface area contributed by atoms with E-state index in [9.17, 15) is 9.59 Å². The van der Waals surface area contributed by atoms with Crippen molar-refractivity contribution in [3.63, 3.8) is 0 Å². The van der Waals surface area contributed by atoms with Gasteiger partial charge in [-0.25, -0.2) is 0 Å². The summed E-state index contributed by atoms with van der Waals surface area (Å²) in [6.07, 6.45) is 0. The largest absolute Gasteiger partial charge is 0.480 e. The van der Waals surface area contributed by atoms with Gasteiger partial charge in [0.1, 0.15) is 6.04 Å². The Hall–Kier alpha value is -1.36. The zero-order valence-electron chi connectivity index (χ0n) is 6.98. The summed E-state index contributed by atoms with van der Waals surface area (Å²) in [4.78, 5) is 22.2. The molecule has 1 rings (SSSR count). The van der Waals surface area contributed by atoms with Gasteiger partial charge in [-0.2, -0.15) is 0 Å². The van der Waals surface area contributed by atoms with Crippen molar-refractivity contribution in [3.05, 3.63) is 22.4 Å². The van der Waals surface area contributed by atoms with E-state index < -0.39 is 12.0 Å². The quantitative estimate of drug-likeness (QED) is 0.761. The SMILES string of the molecule is C[C@@H](NC(=O)c1cccs1)C(=O)O. The molecule has 0 aliphatic carbocycles. The number of carbonyl (C=O) groups excluding carboxylic acids is 1. The summed E-state index contributed by atoms with van der Waals surface area (Å²) < 4.78 is 0. The molecule has 1 atom stereocenters. The molecule has 70 valence electrons. The van der Waals surface area contributed by atoms with Gasteiger partial charge in [0.15, 0.2) is 0 Å². The topological polar surface area (TPSA) is 66.4 Å². The van der Waals surface area contributed by atoms with Gasteiger partial charge in [0, 0.05) is 0 Å². The molecule has 13 heavy (non-hydrogen) atoms. The summed E-state index contributed by atoms with van der Waals surface area (Å²) in [5.74, 6) is -1.38. The van der Waals surface area contributed by atoms with E-state index in [1.54, 1.807) is 17.5 Å². The summed E-state index contributed by atoms with van der Waals surface area (Å²) >= 11 is 1.28. The van der Waals surface area contributed by atoms with Crippen LogP contribution in [0.25, 0.3) is 0 Å². The van der Waals surface area contributed by atoms with Gasteiger partial charge in [-0.1, -0.05) is 6.07 Å². The Balaban J connectivity index is 2.56. The second kappa shape index (κ2) is 4.04. The van der Waals surface area contributed by atoms with Crippen molar-refractivity contribution < 1.29 is 14.7 Å². The molecular weight excluding hydrogens is 190 g/mol. The number of hydrogen-bond acceptors (Lipinski definition) is 3. The third kappa shape index (κ3) is 2.55. The molecule has 0 aliphatic rings. The van der Waals surface area contributed by atoms with Gasteiger partial charge in [0.2, 0.25) is 0 Å². The van der Waals surface area contributed by atoms with E-state index in [0.717, 1.165) is 0 Å². The number of hydrogen-bond donors (Lipinski definition) is 2. The van der Waals surface area contributed by atoms with Crippen LogP contribution in [-0.4, -0.2) is 23.0 Å². The summed E-state index contributed by atoms with van der Waals surface area (Å²) in [7, 11) is 0. The van der Waals surface area contributed by atoms with Crippen LogP contribution in [0.5, 0.6) is 0 Å². The molecule has 0 aromatic carbocycles. The molecular formula is C8H9NO3S. The number of aliphatic carboxylic acids is 1. The van der Waals surface area contributed by atoms with Crippen molar-refractivity contribution in [3.8, 4) is 0 Å². The Labute approximate surface area is 79.2 Å². The number of carboxylic acid groups (broad SMARTS) is 1. The first-order valence-corrected chi connectivity index (χ1v) is 4.56. The van der Waals surface area contributed by atoms with E-state index in [4.69, 9.17) is 5.11 Å². The predicted octanol–water partition coefficient (Wildman–Crippen LogP) is 0.951. The maximum atomic E-state index is 11.3. The zero-order valence-corrected chi connectivity index (χ0v) is 7.80. The maximum Gasteiger partial charge on any atom is 0.325 e. The molecule has 1 aromatic heterocycles. The van der Waals surface area contributed by atoms with Gasteiger partial charge in [-0.05, 0) is 18.4 Å². The highest BCUT2D eigenvalue weighted by Gasteiger charge is 2.15. The first-order chi connectivity index (χ1) is 6.11. The maximum absolute atomic E-state index is 11.3. The third-order valence-electron chi connectivity index (χ3n) is 1.46. The van der Waals surface area contributed by atoms with Crippen molar-refractivity contribution in [2.75, 3.05) is 0 Å². The van der Waals surface area contributed by atoms with E-state index in [0.29, 0.717) is 4.88 Å². The lowest BCUT2D eigenvalue weighted by Gasteiger charge is -2.06. The minimum Gasteiger partial charge on any atom is -0.480 e. The lowest BCUT2D eigenvalue weighted by molar-refractivity contribution is -0.138. The van der Waals surface area contributed by atoms with Crippen LogP contribution in [0.2, 0.25) is 0 Å². The van der Waals surface area contributed by atoms with Gasteiger partial charge < -0.3 is 10.4 Å². The average molecular weight is 199 g/mol. The van der Waals surface area contributed by atoms with Crippen LogP contribution in [0.4, 0.5) is 0 Å². The molecule has 0 fully saturated rings. The van der Waals surface area contributed by atoms with Crippen LogP contribution in [0.3, 0.4) is 0 Å². The van der Waals surface area contributed by atoms with Gasteiger partial charge in [0.25, 0.3) is 5.91 Å². The zero-order chi connectivity index (χ0) is 9.84. The number of nitrogens with one attached hydrogen (secondary N) is 1. The normalized spacial score (nSPS) is 12.1. The second-order valence-corrected chi connectivity index (χ2v) is 3.46. The van der Waals surface area contributed by atoms with Gasteiger partial charge >= 0.3 is 5.97 Å². The van der Waals surface area contributed by atoms with E-state index in [-0.39, 0.29) is 5.91 Å². The van der Waals surface area contributed by atoms with E-state index >= 15 is 0 Å². The van der Waals surface area contributed by atoms with Crippen LogP contribution < -0.4 is 5.32 Å². The lowest BCUT2D eigenvalue weighted by Crippen LogP contribution is -2.37. The van der Waals surface area contributed by atoms with Crippen LogP contribution in [0.1, 0.15) is 16.6 Å². The fourth-order valence-corrected chi connectivity index (χ4v) is 1.36. The van der Waals surface area contributed by atoms with Crippen LogP contribution in [0.15, 0.2) is 17.5 Å². The van der Waals surface area contributed by atoms with Crippen molar-refractivity contribution in [2.45, 2.75) is 13.0 Å². The van der Waals surface area contributed by atoms with Gasteiger partial charge in [0.05, 0.1) is 4.88 Å². The highest BCUT2D eigenvalue weighted by Crippen LogP contribution is 2.07. The molecule has 2 N–H and O–H groups in total. The molecule has 1 heterocycles. The number of carboxylic acids is 1. The highest BCUT2D eigenvalue weighted by molar-refractivity contribution is 7.12. The van der Waals surface area contributed by atoms with Crippen molar-refractivity contribution >= 4 is 23.2 Å². The van der Waals surface area contributed by atoms with E-state index in [1.807, 2.05) is 0 Å². The van der Waals surface area contributed by atoms with Gasteiger partial charge in [-0.3, -0.25) is 9.59 Å². The minimum absolute atomic E-state index is 0.343. The summed E-state index contributed by atoms with van der Waals surface area (Å²) in [5.41, 5.74) is 0. The van der Waals surface area contributed by atoms with Crippen molar-refractivity contribution in [1.29, 1.82) is 0 Å². The molecule has 0 aliphatic heterocycles. The Morgan fingerprint density at radius 2 is 2.31 bits per heavy atom. The monoisotopic (exact) mass is 199 g/mol. The van der Waals surface area contributed by atoms with E-state index in [1.165, 1.54) is 18.3 Å². The number of rotatable bonds is 3. The van der Waals surface area contributed by atoms with Crippen LogP contribution >= 0.6 is 11.3 Å². The van der Waals surface area contributed by atoms with Crippen LogP contribution in [0, 0.1) is 0 Å². The third-order valence-corrected chi connectivity index (χ3v) is 2.33. The first kappa shape index (κ1) is 9.73. The number of amides is 1. The Bertz CT molecular complexity index is 307. The molecule has 0 saturated carbocycles. The minimum atomic E-state index is -1.04. The lowest BCUT2D eigenvalue weighted by atomic mass is 10.3. The average Bonchev–Trinajstić information content (AvgIpc) is 2.55. The first-order valence-electron chi connectivity index (χ1n) is 3.68. The molecule has 5 heteroatoms. The second-order valence-electron chi connectivity index (χ2n) is 2.51. The van der Waals surface area contributed by atoms with Crippen molar-refractivity contribution in [1.82, 2.24) is 5.32 Å². The van der Waals surface area contributed by atoms with Crippen molar-refractivity contribution in [2.24, 2.45) is 0 Å². The van der Waals surface area contributed by atoms with Gasteiger partial charge in [-0.15, -0.1) is 11.3 Å². The molecule has 1 amide bonds. The predicted molar refractivity (Wildman–Crippen MR) is 48.9 cm³/mol.